The first-order valence-electron chi connectivity index (χ1n) is 9.27. The number of hydrazone groups is 1. The molecule has 0 aliphatic carbocycles. The predicted octanol–water partition coefficient (Wildman–Crippen LogP) is 4.33. The van der Waals surface area contributed by atoms with Crippen molar-refractivity contribution in [1.29, 1.82) is 0 Å². The Morgan fingerprint density at radius 1 is 1.17 bits per heavy atom. The minimum Gasteiger partial charge on any atom is -0.318 e. The molecule has 1 heterocycles. The summed E-state index contributed by atoms with van der Waals surface area (Å²) in [5.41, 5.74) is 8.09. The Kier molecular flexibility index (Phi) is 5.87. The van der Waals surface area contributed by atoms with Crippen LogP contribution in [-0.2, 0) is 6.42 Å². The van der Waals surface area contributed by atoms with E-state index in [1.165, 1.54) is 29.8 Å². The van der Waals surface area contributed by atoms with Crippen molar-refractivity contribution in [3.8, 4) is 5.69 Å². The number of nitro benzene ring substituents is 1. The monoisotopic (exact) mass is 390 g/mol. The highest BCUT2D eigenvalue weighted by atomic mass is 16.6. The van der Waals surface area contributed by atoms with Crippen LogP contribution in [0.5, 0.6) is 0 Å². The summed E-state index contributed by atoms with van der Waals surface area (Å²) < 4.78 is 2.18. The van der Waals surface area contributed by atoms with Gasteiger partial charge in [-0.3, -0.25) is 14.9 Å². The largest absolute Gasteiger partial charge is 0.318 e. The highest BCUT2D eigenvalue weighted by Crippen LogP contribution is 2.23. The summed E-state index contributed by atoms with van der Waals surface area (Å²) in [6.45, 7) is 6.17. The van der Waals surface area contributed by atoms with Gasteiger partial charge in [0.1, 0.15) is 0 Å². The Morgan fingerprint density at radius 2 is 1.86 bits per heavy atom. The van der Waals surface area contributed by atoms with Gasteiger partial charge in [-0.15, -0.1) is 0 Å². The minimum absolute atomic E-state index is 0.0650. The van der Waals surface area contributed by atoms with Crippen molar-refractivity contribution in [2.24, 2.45) is 5.10 Å². The van der Waals surface area contributed by atoms with Crippen LogP contribution in [0.3, 0.4) is 0 Å². The molecule has 0 unspecified atom stereocenters. The number of carbonyl (C=O) groups excluding carboxylic acids is 1. The molecule has 3 rings (SSSR count). The second kappa shape index (κ2) is 8.52. The number of aromatic nitrogens is 1. The maximum absolute atomic E-state index is 12.2. The lowest BCUT2D eigenvalue weighted by molar-refractivity contribution is -0.384. The van der Waals surface area contributed by atoms with Gasteiger partial charge in [-0.2, -0.15) is 5.10 Å². The quantitative estimate of drug-likeness (QED) is 0.386. The predicted molar refractivity (Wildman–Crippen MR) is 113 cm³/mol. The summed E-state index contributed by atoms with van der Waals surface area (Å²) in [5, 5.41) is 14.7. The molecule has 3 aromatic rings. The van der Waals surface area contributed by atoms with E-state index in [9.17, 15) is 14.9 Å². The molecule has 29 heavy (non-hydrogen) atoms. The Bertz CT molecular complexity index is 1080. The number of aryl methyl sites for hydroxylation is 2. The first-order chi connectivity index (χ1) is 13.9. The highest BCUT2D eigenvalue weighted by molar-refractivity contribution is 5.95. The molecule has 0 saturated carbocycles. The molecule has 0 fully saturated rings. The van der Waals surface area contributed by atoms with Crippen molar-refractivity contribution in [1.82, 2.24) is 9.99 Å². The molecule has 0 spiro atoms. The van der Waals surface area contributed by atoms with E-state index in [0.717, 1.165) is 29.1 Å². The lowest BCUT2D eigenvalue weighted by Gasteiger charge is -2.13. The van der Waals surface area contributed by atoms with E-state index < -0.39 is 10.8 Å². The summed E-state index contributed by atoms with van der Waals surface area (Å²) >= 11 is 0. The van der Waals surface area contributed by atoms with Crippen LogP contribution in [0.1, 0.15) is 39.8 Å². The van der Waals surface area contributed by atoms with Gasteiger partial charge in [-0.05, 0) is 50.1 Å². The average molecular weight is 390 g/mol. The van der Waals surface area contributed by atoms with Crippen molar-refractivity contribution in [2.45, 2.75) is 27.2 Å². The molecule has 0 radical (unpaired) electrons. The molecule has 0 aliphatic rings. The SMILES string of the molecule is CCc1ccccc1-n1c(C)cc(/C=N\NC(=O)c2ccc([N+](=O)[O-])cc2)c1C. The molecule has 0 atom stereocenters. The third-order valence-electron chi connectivity index (χ3n) is 4.79. The highest BCUT2D eigenvalue weighted by Gasteiger charge is 2.12. The molecule has 1 aromatic heterocycles. The molecule has 1 N–H and O–H groups in total. The number of carbonyl (C=O) groups is 1. The number of amides is 1. The van der Waals surface area contributed by atoms with E-state index in [2.05, 4.69) is 34.2 Å². The molecule has 7 nitrogen and oxygen atoms in total. The van der Waals surface area contributed by atoms with Crippen molar-refractivity contribution < 1.29 is 9.72 Å². The van der Waals surface area contributed by atoms with Crippen LogP contribution in [0.4, 0.5) is 5.69 Å². The molecular weight excluding hydrogens is 368 g/mol. The van der Waals surface area contributed by atoms with Crippen LogP contribution < -0.4 is 5.43 Å². The van der Waals surface area contributed by atoms with Crippen LogP contribution in [0.25, 0.3) is 5.69 Å². The van der Waals surface area contributed by atoms with Crippen molar-refractivity contribution in [2.75, 3.05) is 0 Å². The Balaban J connectivity index is 1.78. The third-order valence-corrected chi connectivity index (χ3v) is 4.79. The van der Waals surface area contributed by atoms with Gasteiger partial charge in [0.2, 0.25) is 0 Å². The second-order valence-corrected chi connectivity index (χ2v) is 6.65. The molecule has 0 bridgehead atoms. The summed E-state index contributed by atoms with van der Waals surface area (Å²) in [5.74, 6) is -0.429. The zero-order chi connectivity index (χ0) is 21.0. The number of rotatable bonds is 6. The van der Waals surface area contributed by atoms with Crippen molar-refractivity contribution in [3.63, 3.8) is 0 Å². The van der Waals surface area contributed by atoms with Gasteiger partial charge in [0.25, 0.3) is 11.6 Å². The van der Waals surface area contributed by atoms with Gasteiger partial charge in [-0.25, -0.2) is 5.43 Å². The fraction of sp³-hybridized carbons (Fsp3) is 0.182. The average Bonchev–Trinajstić information content (AvgIpc) is 3.01. The van der Waals surface area contributed by atoms with Crippen LogP contribution in [0, 0.1) is 24.0 Å². The number of benzene rings is 2. The summed E-state index contributed by atoms with van der Waals surface area (Å²) in [4.78, 5) is 22.4. The van der Waals surface area contributed by atoms with E-state index in [4.69, 9.17) is 0 Å². The number of nitrogens with one attached hydrogen (secondary N) is 1. The molecule has 0 aliphatic heterocycles. The number of nitro groups is 1. The van der Waals surface area contributed by atoms with Gasteiger partial charge < -0.3 is 4.57 Å². The second-order valence-electron chi connectivity index (χ2n) is 6.65. The van der Waals surface area contributed by atoms with E-state index in [0.29, 0.717) is 5.56 Å². The summed E-state index contributed by atoms with van der Waals surface area (Å²) in [6, 6.07) is 15.7. The van der Waals surface area contributed by atoms with E-state index >= 15 is 0 Å². The zero-order valence-electron chi connectivity index (χ0n) is 16.5. The maximum Gasteiger partial charge on any atom is 0.271 e. The minimum atomic E-state index is -0.508. The van der Waals surface area contributed by atoms with Gasteiger partial charge >= 0.3 is 0 Å². The summed E-state index contributed by atoms with van der Waals surface area (Å²) in [7, 11) is 0. The lowest BCUT2D eigenvalue weighted by atomic mass is 10.1. The first kappa shape index (κ1) is 20.0. The Morgan fingerprint density at radius 3 is 2.52 bits per heavy atom. The number of hydrogen-bond donors (Lipinski definition) is 1. The van der Waals surface area contributed by atoms with Gasteiger partial charge in [-0.1, -0.05) is 25.1 Å². The van der Waals surface area contributed by atoms with Crippen molar-refractivity contribution >= 4 is 17.8 Å². The van der Waals surface area contributed by atoms with Crippen LogP contribution in [-0.4, -0.2) is 21.6 Å². The van der Waals surface area contributed by atoms with Gasteiger partial charge in [0, 0.05) is 40.3 Å². The zero-order valence-corrected chi connectivity index (χ0v) is 16.5. The van der Waals surface area contributed by atoms with E-state index in [1.54, 1.807) is 6.21 Å². The number of non-ortho nitro benzene ring substituents is 1. The molecule has 0 saturated heterocycles. The van der Waals surface area contributed by atoms with E-state index in [1.807, 2.05) is 32.0 Å². The number of para-hydroxylation sites is 1. The number of nitrogens with zero attached hydrogens (tertiary/aromatic N) is 3. The summed E-state index contributed by atoms with van der Waals surface area (Å²) in [6.07, 6.45) is 2.54. The standard InChI is InChI=1S/C22H22N4O3/c1-4-17-7-5-6-8-21(17)25-15(2)13-19(16(25)3)14-23-24-22(27)18-9-11-20(12-10-18)26(28)29/h5-14H,4H2,1-3H3,(H,24,27)/b23-14-. The van der Waals surface area contributed by atoms with E-state index in [-0.39, 0.29) is 5.69 Å². The first-order valence-corrected chi connectivity index (χ1v) is 9.27. The van der Waals surface area contributed by atoms with Gasteiger partial charge in [0.05, 0.1) is 11.1 Å². The molecule has 1 amide bonds. The Labute approximate surface area is 168 Å². The topological polar surface area (TPSA) is 89.5 Å². The van der Waals surface area contributed by atoms with Gasteiger partial charge in [0.15, 0.2) is 0 Å². The molecule has 148 valence electrons. The van der Waals surface area contributed by atoms with Crippen LogP contribution in [0.2, 0.25) is 0 Å². The lowest BCUT2D eigenvalue weighted by Crippen LogP contribution is -2.17. The maximum atomic E-state index is 12.2. The molecular formula is C22H22N4O3. The molecule has 2 aromatic carbocycles. The smallest absolute Gasteiger partial charge is 0.271 e. The molecule has 7 heteroatoms. The fourth-order valence-electron chi connectivity index (χ4n) is 3.28. The fourth-order valence-corrected chi connectivity index (χ4v) is 3.28. The Hall–Kier alpha value is -3.74. The third kappa shape index (κ3) is 4.24. The van der Waals surface area contributed by atoms with Crippen molar-refractivity contribution in [3.05, 3.63) is 92.8 Å². The van der Waals surface area contributed by atoms with Crippen LogP contribution in [0.15, 0.2) is 59.7 Å². The number of hydrogen-bond acceptors (Lipinski definition) is 4. The van der Waals surface area contributed by atoms with Crippen LogP contribution >= 0.6 is 0 Å². The normalized spacial score (nSPS) is 11.0.